The Kier molecular flexibility index (Phi) is 22.3. The van der Waals surface area contributed by atoms with Crippen molar-refractivity contribution in [2.45, 2.75) is 122 Å². The molecule has 0 aliphatic heterocycles. The van der Waals surface area contributed by atoms with E-state index < -0.39 is 0 Å². The molecular weight excluding hydrogens is 1530 g/mol. The van der Waals surface area contributed by atoms with Gasteiger partial charge in [-0.2, -0.15) is 0 Å². The van der Waals surface area contributed by atoms with Crippen molar-refractivity contribution in [1.82, 2.24) is 0 Å². The van der Waals surface area contributed by atoms with Crippen molar-refractivity contribution in [3.8, 4) is 22.3 Å². The van der Waals surface area contributed by atoms with Gasteiger partial charge in [-0.25, -0.2) is 0 Å². The second kappa shape index (κ2) is 33.1. The van der Waals surface area contributed by atoms with Gasteiger partial charge in [0, 0.05) is 106 Å². The lowest BCUT2D eigenvalue weighted by Gasteiger charge is -2.34. The van der Waals surface area contributed by atoms with Crippen LogP contribution in [0.5, 0.6) is 0 Å². The molecule has 0 spiro atoms. The Morgan fingerprint density at radius 2 is 0.538 bits per heavy atom. The largest absolute Gasteiger partial charge is 0.135 e. The van der Waals surface area contributed by atoms with Crippen LogP contribution in [0.25, 0.3) is 123 Å². The van der Waals surface area contributed by atoms with Gasteiger partial charge in [-0.1, -0.05) is 296 Å². The highest BCUT2D eigenvalue weighted by Crippen LogP contribution is 2.58. The third-order valence-electron chi connectivity index (χ3n) is 24.3. The van der Waals surface area contributed by atoms with Crippen molar-refractivity contribution in [2.75, 3.05) is 0 Å². The molecular formula is C114H100S5. The molecule has 0 saturated heterocycles. The number of thiophene rings is 5. The lowest BCUT2D eigenvalue weighted by Crippen LogP contribution is -2.28. The molecule has 21 aromatic rings. The Bertz CT molecular complexity index is 7240. The summed E-state index contributed by atoms with van der Waals surface area (Å²) in [6.07, 6.45) is 0. The van der Waals surface area contributed by atoms with Crippen LogP contribution in [0.2, 0.25) is 0 Å². The minimum atomic E-state index is -0.273. The summed E-state index contributed by atoms with van der Waals surface area (Å²) in [5.41, 5.74) is 32.8. The van der Waals surface area contributed by atoms with Gasteiger partial charge in [-0.15, -0.1) is 56.7 Å². The maximum atomic E-state index is 2.38. The molecule has 5 heteroatoms. The summed E-state index contributed by atoms with van der Waals surface area (Å²) in [4.78, 5) is 0. The Morgan fingerprint density at radius 1 is 0.193 bits per heavy atom. The van der Waals surface area contributed by atoms with Crippen LogP contribution in [0.1, 0.15) is 125 Å². The molecule has 0 unspecified atom stereocenters. The van der Waals surface area contributed by atoms with E-state index in [0.717, 1.165) is 0 Å². The van der Waals surface area contributed by atoms with E-state index in [4.69, 9.17) is 0 Å². The maximum absolute atomic E-state index is 2.38. The predicted octanol–water partition coefficient (Wildman–Crippen LogP) is 34.6. The molecule has 23 rings (SSSR count). The summed E-state index contributed by atoms with van der Waals surface area (Å²) in [5.74, 6) is 0. The molecule has 5 heterocycles. The first kappa shape index (κ1) is 80.1. The first-order chi connectivity index (χ1) is 57.5. The highest BCUT2D eigenvalue weighted by Gasteiger charge is 2.46. The molecule has 119 heavy (non-hydrogen) atoms. The number of aryl methyl sites for hydroxylation is 14. The van der Waals surface area contributed by atoms with Gasteiger partial charge in [0.05, 0.1) is 5.41 Å². The van der Waals surface area contributed by atoms with Crippen molar-refractivity contribution in [2.24, 2.45) is 0 Å². The SMILES string of the molecule is Cc1ccc2c(c1)C(C)(C)c1cc(C)ccc1-2.Cc1ccc2c(c1)C(c1ccccc1)(c1ccccc1)c1cccc(C)c1-2.Cc1ccc2c(c1)sc1c(C)cccc12.Cc1ccc2c(c1)sc1cccc(C)c12.Cc1ccc2sc3c(C)cccc3c2c1.Cc1ccc2sc3cccc(C)c3c2c1.Cc1cccc2sc3cccc(C)c3c12. The first-order valence-electron chi connectivity index (χ1n) is 41.5. The highest BCUT2D eigenvalue weighted by molar-refractivity contribution is 7.27. The molecule has 0 atom stereocenters. The molecule has 0 radical (unpaired) electrons. The van der Waals surface area contributed by atoms with Crippen LogP contribution in [0.4, 0.5) is 0 Å². The zero-order chi connectivity index (χ0) is 82.7. The third kappa shape index (κ3) is 15.1. The second-order valence-corrected chi connectivity index (χ2v) is 38.8. The third-order valence-corrected chi connectivity index (χ3v) is 30.3. The lowest BCUT2D eigenvalue weighted by molar-refractivity contribution is 0.659. The molecule has 0 bridgehead atoms. The van der Waals surface area contributed by atoms with E-state index in [9.17, 15) is 0 Å². The molecule has 2 aliphatic carbocycles. The fourth-order valence-corrected chi connectivity index (χ4v) is 24.5. The average Bonchev–Trinajstić information content (AvgIpc) is 1.53. The molecule has 0 N–H and O–H groups in total. The lowest BCUT2D eigenvalue weighted by atomic mass is 9.67. The van der Waals surface area contributed by atoms with Crippen molar-refractivity contribution in [1.29, 1.82) is 0 Å². The Labute approximate surface area is 722 Å². The summed E-state index contributed by atoms with van der Waals surface area (Å²) in [5, 5.41) is 14.1. The van der Waals surface area contributed by atoms with E-state index in [-0.39, 0.29) is 10.8 Å². The minimum Gasteiger partial charge on any atom is -0.135 e. The van der Waals surface area contributed by atoms with Crippen molar-refractivity contribution in [3.63, 3.8) is 0 Å². The molecule has 0 amide bonds. The number of rotatable bonds is 2. The van der Waals surface area contributed by atoms with Gasteiger partial charge in [0.25, 0.3) is 0 Å². The molecule has 586 valence electrons. The quantitative estimate of drug-likeness (QED) is 0.162. The van der Waals surface area contributed by atoms with E-state index in [1.807, 2.05) is 56.7 Å². The van der Waals surface area contributed by atoms with Gasteiger partial charge in [0.2, 0.25) is 0 Å². The zero-order valence-electron chi connectivity index (χ0n) is 71.1. The molecule has 0 nitrogen and oxygen atoms in total. The smallest absolute Gasteiger partial charge is 0.0713 e. The summed E-state index contributed by atoms with van der Waals surface area (Å²) < 4.78 is 14.1. The maximum Gasteiger partial charge on any atom is 0.0713 e. The molecule has 0 saturated carbocycles. The van der Waals surface area contributed by atoms with Crippen LogP contribution < -0.4 is 0 Å². The first-order valence-corrected chi connectivity index (χ1v) is 45.6. The Hall–Kier alpha value is -11.4. The van der Waals surface area contributed by atoms with Crippen LogP contribution in [0.15, 0.2) is 315 Å². The Balaban J connectivity index is 0.000000101. The standard InChI is InChI=1S/C27H22.C17H18.5C14H12S/c1-19-16-17-23-25(18-19)27(21-11-5-3-6-12-21,22-13-7-4-8-14-22)24-15-9-10-20(2)26(23)24;1-11-5-7-13-14-8-6-12(2)10-16(14)17(3,4)15(13)9-11;1-9-5-3-7-11-13(9)14-10(2)6-4-8-12(14)15-11;1-9-6-7-12-11(8-9)14-10(2)4-3-5-13(14)15-12;1-9-6-7-11-13(8-9)15-12-5-3-4-10(2)14(11)12;1-9-6-7-11-12-5-3-4-10(2)14(12)15-13(11)8-9;1-9-6-7-13-12(8-9)11-5-3-4-10(2)14(11)15-13/h3-18H,1-2H3;5-10H,1-4H3;5*3-8H,1-2H3. The molecule has 5 aromatic heterocycles. The fraction of sp³-hybridized carbons (Fsp3) is 0.158. The van der Waals surface area contributed by atoms with Gasteiger partial charge < -0.3 is 0 Å². The number of hydrogen-bond acceptors (Lipinski definition) is 5. The minimum absolute atomic E-state index is 0.142. The summed E-state index contributed by atoms with van der Waals surface area (Å²) in [6, 6.07) is 115. The van der Waals surface area contributed by atoms with E-state index in [2.05, 4.69) is 426 Å². The second-order valence-electron chi connectivity index (χ2n) is 33.5. The van der Waals surface area contributed by atoms with Crippen molar-refractivity contribution in [3.05, 3.63) is 427 Å². The fourth-order valence-electron chi connectivity index (χ4n) is 18.3. The van der Waals surface area contributed by atoms with Gasteiger partial charge >= 0.3 is 0 Å². The van der Waals surface area contributed by atoms with E-state index in [1.165, 1.54) is 234 Å². The average molecular weight is 1630 g/mol. The predicted molar refractivity (Wildman–Crippen MR) is 531 cm³/mol. The zero-order valence-corrected chi connectivity index (χ0v) is 75.1. The van der Waals surface area contributed by atoms with E-state index in [1.54, 1.807) is 0 Å². The summed E-state index contributed by atoms with van der Waals surface area (Å²) in [7, 11) is 0. The summed E-state index contributed by atoms with van der Waals surface area (Å²) >= 11 is 9.46. The molecule has 16 aromatic carbocycles. The topological polar surface area (TPSA) is 0 Å². The van der Waals surface area contributed by atoms with Crippen LogP contribution in [0.3, 0.4) is 0 Å². The molecule has 0 fully saturated rings. The van der Waals surface area contributed by atoms with E-state index >= 15 is 0 Å². The number of fused-ring (bicyclic) bond motifs is 21. The van der Waals surface area contributed by atoms with Gasteiger partial charge in [0.15, 0.2) is 0 Å². The van der Waals surface area contributed by atoms with Crippen molar-refractivity contribution >= 4 is 158 Å². The number of benzene rings is 16. The van der Waals surface area contributed by atoms with Crippen LogP contribution in [-0.2, 0) is 10.8 Å². The Morgan fingerprint density at radius 3 is 1.06 bits per heavy atom. The van der Waals surface area contributed by atoms with Gasteiger partial charge in [-0.05, 0) is 263 Å². The van der Waals surface area contributed by atoms with Gasteiger partial charge in [0.1, 0.15) is 0 Å². The monoisotopic (exact) mass is 1630 g/mol. The summed E-state index contributed by atoms with van der Waals surface area (Å²) in [6.45, 7) is 35.2. The van der Waals surface area contributed by atoms with Crippen molar-refractivity contribution < 1.29 is 0 Å². The normalized spacial score (nSPS) is 12.5. The van der Waals surface area contributed by atoms with Crippen LogP contribution in [0, 0.1) is 96.9 Å². The van der Waals surface area contributed by atoms with Gasteiger partial charge in [-0.3, -0.25) is 0 Å². The molecule has 2 aliphatic rings. The van der Waals surface area contributed by atoms with Crippen LogP contribution in [-0.4, -0.2) is 0 Å². The highest BCUT2D eigenvalue weighted by atomic mass is 32.1. The number of hydrogen-bond donors (Lipinski definition) is 0. The van der Waals surface area contributed by atoms with E-state index in [0.29, 0.717) is 0 Å². The van der Waals surface area contributed by atoms with Crippen LogP contribution >= 0.6 is 56.7 Å².